The standard InChI is InChI=1S/C34H39ClF3N5O6S/c1-32(2,3)25-17-15-23(28(35)40-25)29(44)42-50(47,48)27-9-7-8-26(41-27)39-24(21-11-13-22(14-12-21)30(45)49-6)16-10-20-18-33(4,5)43(19-20)31(46)34(36,37)38/h7-9,11-15,17,20,24H,10,16,18-19H2,1-6H3,(H,39,41)(H,42,44)/t20-,24?/m0/s1. The highest BCUT2D eigenvalue weighted by Crippen LogP contribution is 2.39. The minimum Gasteiger partial charge on any atom is -0.465 e. The third kappa shape index (κ3) is 9.10. The van der Waals surface area contributed by atoms with Gasteiger partial charge in [0.15, 0.2) is 5.03 Å². The molecule has 2 atom stereocenters. The summed E-state index contributed by atoms with van der Waals surface area (Å²) < 4.78 is 73.2. The quantitative estimate of drug-likeness (QED) is 0.177. The number of rotatable bonds is 10. The van der Waals surface area contributed by atoms with Crippen LogP contribution in [0, 0.1) is 5.92 Å². The number of benzene rings is 1. The van der Waals surface area contributed by atoms with E-state index in [0.717, 1.165) is 4.90 Å². The van der Waals surface area contributed by atoms with E-state index < -0.39 is 50.6 Å². The minimum absolute atomic E-state index is 0.0799. The number of amides is 2. The van der Waals surface area contributed by atoms with Crippen molar-refractivity contribution < 1.29 is 40.7 Å². The lowest BCUT2D eigenvalue weighted by Crippen LogP contribution is -2.48. The van der Waals surface area contributed by atoms with Gasteiger partial charge in [0.1, 0.15) is 11.0 Å². The van der Waals surface area contributed by atoms with Crippen LogP contribution in [0.2, 0.25) is 5.15 Å². The molecular weight excluding hydrogens is 699 g/mol. The lowest BCUT2D eigenvalue weighted by atomic mass is 9.90. The average molecular weight is 738 g/mol. The highest BCUT2D eigenvalue weighted by Gasteiger charge is 2.50. The Kier molecular flexibility index (Phi) is 11.2. The van der Waals surface area contributed by atoms with Crippen molar-refractivity contribution >= 4 is 45.2 Å². The number of methoxy groups -OCH3 is 1. The zero-order valence-electron chi connectivity index (χ0n) is 28.4. The van der Waals surface area contributed by atoms with E-state index in [2.05, 4.69) is 15.3 Å². The number of carbonyl (C=O) groups excluding carboxylic acids is 3. The summed E-state index contributed by atoms with van der Waals surface area (Å²) in [7, 11) is -3.24. The van der Waals surface area contributed by atoms with Gasteiger partial charge in [-0.3, -0.25) is 9.59 Å². The van der Waals surface area contributed by atoms with Crippen LogP contribution in [0.1, 0.15) is 91.9 Å². The molecule has 50 heavy (non-hydrogen) atoms. The van der Waals surface area contributed by atoms with Crippen LogP contribution in [0.4, 0.5) is 19.0 Å². The molecule has 2 amide bonds. The Morgan fingerprint density at radius 1 is 1.04 bits per heavy atom. The maximum atomic E-state index is 13.3. The third-order valence-electron chi connectivity index (χ3n) is 8.45. The Balaban J connectivity index is 1.56. The fourth-order valence-electron chi connectivity index (χ4n) is 5.86. The Bertz CT molecular complexity index is 1860. The van der Waals surface area contributed by atoms with Crippen LogP contribution < -0.4 is 10.0 Å². The SMILES string of the molecule is COC(=O)c1ccc(C(CC[C@@H]2CN(C(=O)C(F)(F)F)C(C)(C)C2)Nc2cccc(S(=O)(=O)NC(=O)c3ccc(C(C)(C)C)nc3Cl)n2)cc1. The first-order valence-corrected chi connectivity index (χ1v) is 17.5. The topological polar surface area (TPSA) is 148 Å². The summed E-state index contributed by atoms with van der Waals surface area (Å²) in [5, 5.41) is 2.56. The molecule has 1 aliphatic heterocycles. The lowest BCUT2D eigenvalue weighted by molar-refractivity contribution is -0.188. The molecule has 270 valence electrons. The molecule has 1 unspecified atom stereocenters. The molecule has 0 spiro atoms. The molecule has 2 N–H and O–H groups in total. The summed E-state index contributed by atoms with van der Waals surface area (Å²) in [5.74, 6) is -3.56. The molecule has 11 nitrogen and oxygen atoms in total. The molecule has 16 heteroatoms. The van der Waals surface area contributed by atoms with Gasteiger partial charge in [0.05, 0.1) is 24.3 Å². The van der Waals surface area contributed by atoms with Gasteiger partial charge in [-0.15, -0.1) is 0 Å². The first-order chi connectivity index (χ1) is 23.1. The van der Waals surface area contributed by atoms with Gasteiger partial charge in [0, 0.05) is 23.2 Å². The van der Waals surface area contributed by atoms with Gasteiger partial charge >= 0.3 is 18.1 Å². The highest BCUT2D eigenvalue weighted by atomic mass is 35.5. The predicted molar refractivity (Wildman–Crippen MR) is 180 cm³/mol. The maximum absolute atomic E-state index is 13.3. The Morgan fingerprint density at radius 3 is 2.28 bits per heavy atom. The van der Waals surface area contributed by atoms with Gasteiger partial charge in [-0.25, -0.2) is 19.5 Å². The van der Waals surface area contributed by atoms with Gasteiger partial charge in [0.25, 0.3) is 15.9 Å². The number of hydrogen-bond donors (Lipinski definition) is 2. The summed E-state index contributed by atoms with van der Waals surface area (Å²) in [6.07, 6.45) is -3.91. The molecule has 0 saturated carbocycles. The summed E-state index contributed by atoms with van der Waals surface area (Å²) in [5.41, 5.74) is 0.0656. The zero-order valence-corrected chi connectivity index (χ0v) is 30.0. The molecule has 0 aliphatic carbocycles. The van der Waals surface area contributed by atoms with Crippen LogP contribution in [-0.4, -0.2) is 66.4 Å². The van der Waals surface area contributed by atoms with Crippen molar-refractivity contribution in [2.75, 3.05) is 19.0 Å². The minimum atomic E-state index is -4.99. The summed E-state index contributed by atoms with van der Waals surface area (Å²) in [4.78, 5) is 46.4. The summed E-state index contributed by atoms with van der Waals surface area (Å²) in [6.45, 7) is 8.84. The van der Waals surface area contributed by atoms with Crippen molar-refractivity contribution in [1.82, 2.24) is 19.6 Å². The van der Waals surface area contributed by atoms with E-state index in [0.29, 0.717) is 36.1 Å². The number of alkyl halides is 3. The van der Waals surface area contributed by atoms with E-state index >= 15 is 0 Å². The summed E-state index contributed by atoms with van der Waals surface area (Å²) >= 11 is 6.23. The second-order valence-corrected chi connectivity index (χ2v) is 15.8. The normalized spacial score (nSPS) is 16.8. The number of ether oxygens (including phenoxy) is 1. The van der Waals surface area contributed by atoms with Crippen LogP contribution in [0.25, 0.3) is 0 Å². The van der Waals surface area contributed by atoms with E-state index in [9.17, 15) is 36.0 Å². The molecule has 3 heterocycles. The van der Waals surface area contributed by atoms with Crippen molar-refractivity contribution in [3.05, 3.63) is 82.1 Å². The lowest BCUT2D eigenvalue weighted by Gasteiger charge is -2.31. The van der Waals surface area contributed by atoms with Gasteiger partial charge in [-0.2, -0.15) is 21.6 Å². The van der Waals surface area contributed by atoms with E-state index in [1.807, 2.05) is 25.5 Å². The van der Waals surface area contributed by atoms with Crippen LogP contribution in [0.3, 0.4) is 0 Å². The molecular formula is C34H39ClF3N5O6S. The number of aromatic nitrogens is 2. The molecule has 2 aromatic heterocycles. The number of hydrogen-bond acceptors (Lipinski definition) is 9. The number of sulfonamides is 1. The first-order valence-electron chi connectivity index (χ1n) is 15.7. The van der Waals surface area contributed by atoms with Gasteiger partial charge in [0.2, 0.25) is 0 Å². The fraction of sp³-hybridized carbons (Fsp3) is 0.441. The smallest absolute Gasteiger partial charge is 0.465 e. The second kappa shape index (κ2) is 14.5. The number of likely N-dealkylation sites (tertiary alicyclic amines) is 1. The molecule has 1 aliphatic rings. The number of carbonyl (C=O) groups is 3. The number of halogens is 4. The van der Waals surface area contributed by atoms with E-state index in [1.54, 1.807) is 44.2 Å². The van der Waals surface area contributed by atoms with Crippen molar-refractivity contribution in [2.45, 2.75) is 82.1 Å². The van der Waals surface area contributed by atoms with E-state index in [4.69, 9.17) is 16.3 Å². The number of pyridine rings is 2. The molecule has 1 fully saturated rings. The Labute approximate surface area is 294 Å². The van der Waals surface area contributed by atoms with Gasteiger partial charge in [-0.1, -0.05) is 50.6 Å². The molecule has 4 rings (SSSR count). The monoisotopic (exact) mass is 737 g/mol. The largest absolute Gasteiger partial charge is 0.471 e. The first kappa shape index (κ1) is 38.6. The number of nitrogens with zero attached hydrogens (tertiary/aromatic N) is 3. The highest BCUT2D eigenvalue weighted by molar-refractivity contribution is 7.90. The molecule has 0 bridgehead atoms. The van der Waals surface area contributed by atoms with Crippen molar-refractivity contribution in [1.29, 1.82) is 0 Å². The van der Waals surface area contributed by atoms with Crippen LogP contribution in [0.5, 0.6) is 0 Å². The summed E-state index contributed by atoms with van der Waals surface area (Å²) in [6, 6.07) is 13.0. The molecule has 0 radical (unpaired) electrons. The fourth-order valence-corrected chi connectivity index (χ4v) is 7.03. The molecule has 1 aromatic carbocycles. The van der Waals surface area contributed by atoms with Crippen molar-refractivity contribution in [2.24, 2.45) is 5.92 Å². The third-order valence-corrected chi connectivity index (χ3v) is 9.98. The average Bonchev–Trinajstić information content (AvgIpc) is 3.34. The number of nitrogens with one attached hydrogen (secondary N) is 2. The van der Waals surface area contributed by atoms with Crippen molar-refractivity contribution in [3.8, 4) is 0 Å². The molecule has 1 saturated heterocycles. The number of anilines is 1. The molecule has 3 aromatic rings. The Morgan fingerprint density at radius 2 is 1.70 bits per heavy atom. The van der Waals surface area contributed by atoms with Crippen LogP contribution >= 0.6 is 11.6 Å². The second-order valence-electron chi connectivity index (χ2n) is 13.8. The van der Waals surface area contributed by atoms with Crippen LogP contribution in [-0.2, 0) is 25.0 Å². The zero-order chi connectivity index (χ0) is 37.2. The van der Waals surface area contributed by atoms with E-state index in [1.165, 1.54) is 31.4 Å². The van der Waals surface area contributed by atoms with Gasteiger partial charge < -0.3 is 15.0 Å². The Hall–Kier alpha value is -4.24. The number of esters is 1. The van der Waals surface area contributed by atoms with Crippen LogP contribution in [0.15, 0.2) is 59.6 Å². The van der Waals surface area contributed by atoms with Gasteiger partial charge in [-0.05, 0) is 81.0 Å². The maximum Gasteiger partial charge on any atom is 0.471 e. The predicted octanol–water partition coefficient (Wildman–Crippen LogP) is 6.46. The van der Waals surface area contributed by atoms with E-state index in [-0.39, 0.29) is 34.4 Å². The van der Waals surface area contributed by atoms with Crippen molar-refractivity contribution in [3.63, 3.8) is 0 Å².